The van der Waals surface area contributed by atoms with Crippen molar-refractivity contribution >= 4 is 38.3 Å². The van der Waals surface area contributed by atoms with Gasteiger partial charge in [0.15, 0.2) is 0 Å². The minimum atomic E-state index is -3.76. The summed E-state index contributed by atoms with van der Waals surface area (Å²) >= 11 is 0. The zero-order valence-corrected chi connectivity index (χ0v) is 25.2. The Balaban J connectivity index is 1.40. The molecular formula is C34H36FN3O4S. The lowest BCUT2D eigenvalue weighted by atomic mass is 10.0. The maximum atomic E-state index is 14.8. The standard InChI is InChI=1S/C34H36FN3O4S/c1-24(2)22-36-34(40)30(21-25-11-4-3-5-12-25)37(23-27-13-6-7-16-28(27)35)32(39)19-10-20-38-29-17-8-14-26-15-9-18-31(33(26)29)43(38,41)42/h3-9,11-18,24,30H,10,19-23H2,1-2H3,(H,36,40). The summed E-state index contributed by atoms with van der Waals surface area (Å²) in [5.41, 5.74) is 1.76. The summed E-state index contributed by atoms with van der Waals surface area (Å²) < 4.78 is 43.0. The summed E-state index contributed by atoms with van der Waals surface area (Å²) in [6.45, 7) is 4.41. The van der Waals surface area contributed by atoms with Crippen LogP contribution in [0, 0.1) is 11.7 Å². The van der Waals surface area contributed by atoms with Gasteiger partial charge in [0, 0.05) is 43.4 Å². The summed E-state index contributed by atoms with van der Waals surface area (Å²) in [4.78, 5) is 29.2. The average molecular weight is 602 g/mol. The molecule has 0 bridgehead atoms. The van der Waals surface area contributed by atoms with E-state index in [1.54, 1.807) is 36.4 Å². The van der Waals surface area contributed by atoms with E-state index >= 15 is 0 Å². The second kappa shape index (κ2) is 13.0. The Bertz CT molecular complexity index is 1720. The second-order valence-electron chi connectivity index (χ2n) is 11.3. The van der Waals surface area contributed by atoms with Gasteiger partial charge in [-0.1, -0.05) is 86.6 Å². The molecule has 1 aliphatic heterocycles. The molecule has 4 aromatic carbocycles. The van der Waals surface area contributed by atoms with Crippen molar-refractivity contribution in [1.82, 2.24) is 10.2 Å². The van der Waals surface area contributed by atoms with Crippen molar-refractivity contribution in [2.24, 2.45) is 5.92 Å². The molecule has 1 N–H and O–H groups in total. The van der Waals surface area contributed by atoms with Gasteiger partial charge in [0.1, 0.15) is 11.9 Å². The molecule has 0 fully saturated rings. The van der Waals surface area contributed by atoms with Gasteiger partial charge < -0.3 is 10.2 Å². The number of carbonyl (C=O) groups is 2. The van der Waals surface area contributed by atoms with Crippen LogP contribution >= 0.6 is 0 Å². The van der Waals surface area contributed by atoms with Gasteiger partial charge in [0.05, 0.1) is 10.6 Å². The van der Waals surface area contributed by atoms with Gasteiger partial charge >= 0.3 is 0 Å². The highest BCUT2D eigenvalue weighted by Gasteiger charge is 2.36. The van der Waals surface area contributed by atoms with Crippen LogP contribution in [0.5, 0.6) is 0 Å². The zero-order valence-electron chi connectivity index (χ0n) is 24.4. The van der Waals surface area contributed by atoms with Crippen LogP contribution in [0.25, 0.3) is 10.8 Å². The maximum Gasteiger partial charge on any atom is 0.265 e. The molecule has 5 rings (SSSR count). The van der Waals surface area contributed by atoms with Gasteiger partial charge in [-0.3, -0.25) is 13.9 Å². The molecule has 1 unspecified atom stereocenters. The smallest absolute Gasteiger partial charge is 0.265 e. The van der Waals surface area contributed by atoms with E-state index in [4.69, 9.17) is 0 Å². The predicted molar refractivity (Wildman–Crippen MR) is 166 cm³/mol. The third-order valence-electron chi connectivity index (χ3n) is 7.69. The number of nitrogens with one attached hydrogen (secondary N) is 1. The summed E-state index contributed by atoms with van der Waals surface area (Å²) in [5, 5.41) is 4.48. The van der Waals surface area contributed by atoms with E-state index in [9.17, 15) is 22.4 Å². The number of rotatable bonds is 12. The highest BCUT2D eigenvalue weighted by atomic mass is 32.2. The lowest BCUT2D eigenvalue weighted by Crippen LogP contribution is -2.51. The molecule has 0 radical (unpaired) electrons. The third-order valence-corrected chi connectivity index (χ3v) is 9.54. The van der Waals surface area contributed by atoms with Crippen molar-refractivity contribution in [3.8, 4) is 0 Å². The molecule has 4 aromatic rings. The molecule has 0 saturated carbocycles. The number of carbonyl (C=O) groups excluding carboxylic acids is 2. The van der Waals surface area contributed by atoms with Gasteiger partial charge in [0.2, 0.25) is 11.8 Å². The Morgan fingerprint density at radius 2 is 1.60 bits per heavy atom. The van der Waals surface area contributed by atoms with Crippen molar-refractivity contribution in [1.29, 1.82) is 0 Å². The minimum absolute atomic E-state index is 0.0183. The number of amides is 2. The fourth-order valence-electron chi connectivity index (χ4n) is 5.50. The van der Waals surface area contributed by atoms with Crippen LogP contribution in [-0.2, 0) is 32.6 Å². The Kier molecular flexibility index (Phi) is 9.11. The Labute approximate surface area is 252 Å². The van der Waals surface area contributed by atoms with Crippen LogP contribution in [0.1, 0.15) is 37.8 Å². The molecular weight excluding hydrogens is 565 g/mol. The van der Waals surface area contributed by atoms with E-state index in [1.807, 2.05) is 62.4 Å². The molecule has 0 aromatic heterocycles. The maximum absolute atomic E-state index is 14.8. The molecule has 1 heterocycles. The molecule has 1 atom stereocenters. The first-order valence-electron chi connectivity index (χ1n) is 14.6. The summed E-state index contributed by atoms with van der Waals surface area (Å²) in [6, 6.07) is 25.4. The summed E-state index contributed by atoms with van der Waals surface area (Å²) in [7, 11) is -3.76. The molecule has 0 aliphatic carbocycles. The molecule has 0 saturated heterocycles. The number of sulfonamides is 1. The normalized spacial score (nSPS) is 14.2. The first-order chi connectivity index (χ1) is 20.7. The van der Waals surface area contributed by atoms with E-state index in [0.29, 0.717) is 23.2 Å². The molecule has 0 spiro atoms. The number of anilines is 1. The van der Waals surface area contributed by atoms with Crippen molar-refractivity contribution in [3.63, 3.8) is 0 Å². The Hall–Kier alpha value is -4.24. The first kappa shape index (κ1) is 30.2. The topological polar surface area (TPSA) is 86.8 Å². The molecule has 1 aliphatic rings. The van der Waals surface area contributed by atoms with E-state index in [1.165, 1.54) is 15.3 Å². The van der Waals surface area contributed by atoms with Crippen molar-refractivity contribution < 1.29 is 22.4 Å². The number of benzene rings is 4. The molecule has 9 heteroatoms. The monoisotopic (exact) mass is 601 g/mol. The lowest BCUT2D eigenvalue weighted by molar-refractivity contribution is -0.141. The highest BCUT2D eigenvalue weighted by Crippen LogP contribution is 2.42. The first-order valence-corrected chi connectivity index (χ1v) is 16.0. The van der Waals surface area contributed by atoms with Crippen LogP contribution in [0.4, 0.5) is 10.1 Å². The highest BCUT2D eigenvalue weighted by molar-refractivity contribution is 7.93. The fraction of sp³-hybridized carbons (Fsp3) is 0.294. The van der Waals surface area contributed by atoms with Crippen molar-refractivity contribution in [2.45, 2.75) is 50.6 Å². The van der Waals surface area contributed by atoms with Gasteiger partial charge in [0.25, 0.3) is 10.0 Å². The van der Waals surface area contributed by atoms with E-state index < -0.39 is 21.9 Å². The quantitative estimate of drug-likeness (QED) is 0.226. The van der Waals surface area contributed by atoms with E-state index in [0.717, 1.165) is 10.9 Å². The fourth-order valence-corrected chi connectivity index (χ4v) is 7.25. The SMILES string of the molecule is CC(C)CNC(=O)C(Cc1ccccc1)N(Cc1ccccc1F)C(=O)CCCN1c2cccc3cccc(c23)S1(=O)=O. The van der Waals surface area contributed by atoms with E-state index in [-0.39, 0.29) is 55.0 Å². The van der Waals surface area contributed by atoms with Gasteiger partial charge in [-0.15, -0.1) is 0 Å². The number of nitrogens with zero attached hydrogens (tertiary/aromatic N) is 2. The number of hydrogen-bond acceptors (Lipinski definition) is 4. The molecule has 43 heavy (non-hydrogen) atoms. The minimum Gasteiger partial charge on any atom is -0.354 e. The zero-order chi connectivity index (χ0) is 30.6. The Morgan fingerprint density at radius 3 is 2.33 bits per heavy atom. The van der Waals surface area contributed by atoms with Crippen LogP contribution in [0.15, 0.2) is 95.9 Å². The van der Waals surface area contributed by atoms with Gasteiger partial charge in [-0.05, 0) is 41.5 Å². The third kappa shape index (κ3) is 6.57. The van der Waals surface area contributed by atoms with Gasteiger partial charge in [-0.25, -0.2) is 12.8 Å². The largest absolute Gasteiger partial charge is 0.354 e. The molecule has 2 amide bonds. The predicted octanol–water partition coefficient (Wildman–Crippen LogP) is 5.68. The second-order valence-corrected chi connectivity index (χ2v) is 13.1. The molecule has 224 valence electrons. The summed E-state index contributed by atoms with van der Waals surface area (Å²) in [6.07, 6.45) is 0.459. The average Bonchev–Trinajstić information content (AvgIpc) is 3.22. The van der Waals surface area contributed by atoms with Crippen LogP contribution in [-0.4, -0.2) is 44.3 Å². The van der Waals surface area contributed by atoms with Crippen molar-refractivity contribution in [3.05, 3.63) is 108 Å². The Morgan fingerprint density at radius 1 is 0.907 bits per heavy atom. The lowest BCUT2D eigenvalue weighted by Gasteiger charge is -2.32. The molecule has 7 nitrogen and oxygen atoms in total. The van der Waals surface area contributed by atoms with Crippen LogP contribution in [0.2, 0.25) is 0 Å². The van der Waals surface area contributed by atoms with Crippen molar-refractivity contribution in [2.75, 3.05) is 17.4 Å². The van der Waals surface area contributed by atoms with E-state index in [2.05, 4.69) is 5.32 Å². The number of hydrogen-bond donors (Lipinski definition) is 1. The summed E-state index contributed by atoms with van der Waals surface area (Å²) in [5.74, 6) is -0.925. The van der Waals surface area contributed by atoms with Gasteiger partial charge in [-0.2, -0.15) is 0 Å². The number of halogens is 1. The van der Waals surface area contributed by atoms with Crippen LogP contribution < -0.4 is 9.62 Å². The van der Waals surface area contributed by atoms with Crippen LogP contribution in [0.3, 0.4) is 0 Å².